The normalized spacial score (nSPS) is 18.9. The molecule has 0 heterocycles. The molecule has 0 saturated heterocycles. The predicted octanol–water partition coefficient (Wildman–Crippen LogP) is 5.53. The van der Waals surface area contributed by atoms with Crippen LogP contribution in [-0.4, -0.2) is 0 Å². The maximum Gasteiger partial charge on any atom is 0.0215 e. The molecule has 2 aromatic carbocycles. The average molecular weight is 262 g/mol. The first kappa shape index (κ1) is 12.2. The molecule has 1 fully saturated rings. The molecule has 20 heavy (non-hydrogen) atoms. The van der Waals surface area contributed by atoms with E-state index in [9.17, 15) is 0 Å². The number of aryl methyl sites for hydroxylation is 2. The monoisotopic (exact) mass is 262 g/mol. The lowest BCUT2D eigenvalue weighted by atomic mass is 9.68. The minimum Gasteiger partial charge on any atom is -0.0617 e. The molecule has 1 saturated carbocycles. The van der Waals surface area contributed by atoms with E-state index in [0.29, 0.717) is 5.41 Å². The minimum absolute atomic E-state index is 0.322. The van der Waals surface area contributed by atoms with Crippen molar-refractivity contribution in [3.05, 3.63) is 58.7 Å². The van der Waals surface area contributed by atoms with Crippen LogP contribution >= 0.6 is 0 Å². The van der Waals surface area contributed by atoms with Crippen LogP contribution in [-0.2, 0) is 5.41 Å². The summed E-state index contributed by atoms with van der Waals surface area (Å²) in [5, 5.41) is 0. The molecule has 0 bridgehead atoms. The van der Waals surface area contributed by atoms with Crippen molar-refractivity contribution in [2.24, 2.45) is 0 Å². The highest BCUT2D eigenvalue weighted by molar-refractivity contribution is 5.83. The Hall–Kier alpha value is -1.56. The summed E-state index contributed by atoms with van der Waals surface area (Å²) in [5.41, 5.74) is 9.41. The third-order valence-electron chi connectivity index (χ3n) is 5.46. The molecular formula is C20H22. The summed E-state index contributed by atoms with van der Waals surface area (Å²) in [7, 11) is 0. The second-order valence-corrected chi connectivity index (χ2v) is 6.69. The van der Waals surface area contributed by atoms with Crippen LogP contribution in [0.5, 0.6) is 0 Å². The van der Waals surface area contributed by atoms with Crippen molar-refractivity contribution >= 4 is 0 Å². The highest BCUT2D eigenvalue weighted by atomic mass is 14.5. The van der Waals surface area contributed by atoms with Gasteiger partial charge in [-0.2, -0.15) is 0 Å². The Kier molecular flexibility index (Phi) is 2.57. The molecule has 0 aromatic heterocycles. The van der Waals surface area contributed by atoms with E-state index in [2.05, 4.69) is 50.2 Å². The number of fused-ring (bicyclic) bond motifs is 5. The van der Waals surface area contributed by atoms with Gasteiger partial charge in [0.05, 0.1) is 0 Å². The Balaban J connectivity index is 2.06. The highest BCUT2D eigenvalue weighted by Gasteiger charge is 2.43. The summed E-state index contributed by atoms with van der Waals surface area (Å²) in [4.78, 5) is 0. The molecule has 102 valence electrons. The first-order valence-electron chi connectivity index (χ1n) is 7.94. The molecule has 2 aromatic rings. The van der Waals surface area contributed by atoms with Crippen LogP contribution in [0.2, 0.25) is 0 Å². The van der Waals surface area contributed by atoms with Crippen molar-refractivity contribution in [1.82, 2.24) is 0 Å². The second-order valence-electron chi connectivity index (χ2n) is 6.69. The fourth-order valence-corrected chi connectivity index (χ4v) is 4.55. The molecule has 1 spiro atoms. The van der Waals surface area contributed by atoms with E-state index in [4.69, 9.17) is 0 Å². The van der Waals surface area contributed by atoms with Gasteiger partial charge in [-0.15, -0.1) is 0 Å². The van der Waals surface area contributed by atoms with Crippen molar-refractivity contribution in [2.45, 2.75) is 51.4 Å². The van der Waals surface area contributed by atoms with Crippen molar-refractivity contribution in [2.75, 3.05) is 0 Å². The third-order valence-corrected chi connectivity index (χ3v) is 5.46. The van der Waals surface area contributed by atoms with Gasteiger partial charge >= 0.3 is 0 Å². The summed E-state index contributed by atoms with van der Waals surface area (Å²) in [5.74, 6) is 0. The zero-order valence-corrected chi connectivity index (χ0v) is 12.5. The van der Waals surface area contributed by atoms with Crippen molar-refractivity contribution in [1.29, 1.82) is 0 Å². The van der Waals surface area contributed by atoms with Gasteiger partial charge in [-0.1, -0.05) is 61.2 Å². The zero-order valence-electron chi connectivity index (χ0n) is 12.5. The third kappa shape index (κ3) is 1.48. The van der Waals surface area contributed by atoms with Crippen molar-refractivity contribution in [3.8, 4) is 11.1 Å². The van der Waals surface area contributed by atoms with Gasteiger partial charge in [-0.05, 0) is 54.5 Å². The summed E-state index contributed by atoms with van der Waals surface area (Å²) in [6.07, 6.45) is 6.82. The molecule has 0 N–H and O–H groups in total. The van der Waals surface area contributed by atoms with Gasteiger partial charge in [-0.25, -0.2) is 0 Å². The van der Waals surface area contributed by atoms with Gasteiger partial charge in [0.15, 0.2) is 0 Å². The van der Waals surface area contributed by atoms with Crippen molar-refractivity contribution < 1.29 is 0 Å². The molecule has 0 aliphatic heterocycles. The molecule has 0 amide bonds. The fraction of sp³-hybridized carbons (Fsp3) is 0.400. The first-order valence-corrected chi connectivity index (χ1v) is 7.94. The van der Waals surface area contributed by atoms with Gasteiger partial charge in [-0.3, -0.25) is 0 Å². The molecule has 2 aliphatic rings. The lowest BCUT2D eigenvalue weighted by molar-refractivity contribution is 0.353. The molecule has 4 rings (SSSR count). The predicted molar refractivity (Wildman–Crippen MR) is 85.2 cm³/mol. The van der Waals surface area contributed by atoms with Crippen LogP contribution in [0.15, 0.2) is 36.4 Å². The lowest BCUT2D eigenvalue weighted by Gasteiger charge is -2.36. The van der Waals surface area contributed by atoms with Crippen LogP contribution in [0, 0.1) is 13.8 Å². The number of hydrogen-bond donors (Lipinski definition) is 0. The molecule has 0 unspecified atom stereocenters. The van der Waals surface area contributed by atoms with Gasteiger partial charge in [0.25, 0.3) is 0 Å². The van der Waals surface area contributed by atoms with E-state index in [1.807, 2.05) is 0 Å². The molecule has 2 aliphatic carbocycles. The van der Waals surface area contributed by atoms with E-state index < -0.39 is 0 Å². The van der Waals surface area contributed by atoms with Gasteiger partial charge in [0.2, 0.25) is 0 Å². The molecule has 0 atom stereocenters. The van der Waals surface area contributed by atoms with Crippen LogP contribution in [0.25, 0.3) is 11.1 Å². The van der Waals surface area contributed by atoms with Crippen LogP contribution < -0.4 is 0 Å². The Morgan fingerprint density at radius 1 is 0.850 bits per heavy atom. The number of benzene rings is 2. The zero-order chi connectivity index (χ0) is 13.7. The van der Waals surface area contributed by atoms with Gasteiger partial charge < -0.3 is 0 Å². The smallest absolute Gasteiger partial charge is 0.0215 e. The number of rotatable bonds is 0. The molecular weight excluding hydrogens is 240 g/mol. The average Bonchev–Trinajstić information content (AvgIpc) is 2.71. The van der Waals surface area contributed by atoms with E-state index >= 15 is 0 Å². The van der Waals surface area contributed by atoms with E-state index in [0.717, 1.165) is 0 Å². The maximum absolute atomic E-state index is 2.41. The van der Waals surface area contributed by atoms with Crippen LogP contribution in [0.1, 0.15) is 54.4 Å². The molecule has 0 radical (unpaired) electrons. The lowest BCUT2D eigenvalue weighted by Crippen LogP contribution is -2.28. The van der Waals surface area contributed by atoms with Gasteiger partial charge in [0.1, 0.15) is 0 Å². The summed E-state index contributed by atoms with van der Waals surface area (Å²) in [6, 6.07) is 14.0. The molecule has 0 nitrogen and oxygen atoms in total. The van der Waals surface area contributed by atoms with E-state index in [1.54, 1.807) is 11.1 Å². The Bertz CT molecular complexity index is 672. The largest absolute Gasteiger partial charge is 0.0617 e. The molecule has 0 heteroatoms. The topological polar surface area (TPSA) is 0 Å². The number of hydrogen-bond acceptors (Lipinski definition) is 0. The SMILES string of the molecule is Cc1ccc2c(c1)-c1c(C)cccc1C21CCCCC1. The van der Waals surface area contributed by atoms with Crippen LogP contribution in [0.3, 0.4) is 0 Å². The first-order chi connectivity index (χ1) is 9.72. The quantitative estimate of drug-likeness (QED) is 0.585. The summed E-state index contributed by atoms with van der Waals surface area (Å²) >= 11 is 0. The summed E-state index contributed by atoms with van der Waals surface area (Å²) < 4.78 is 0. The van der Waals surface area contributed by atoms with E-state index in [1.165, 1.54) is 54.4 Å². The Labute approximate surface area is 121 Å². The standard InChI is InChI=1S/C20H22/c1-14-9-10-17-16(13-14)19-15(2)7-6-8-18(19)20(17)11-4-3-5-12-20/h6-10,13H,3-5,11-12H2,1-2H3. The fourth-order valence-electron chi connectivity index (χ4n) is 4.55. The Morgan fingerprint density at radius 3 is 2.45 bits per heavy atom. The second kappa shape index (κ2) is 4.22. The Morgan fingerprint density at radius 2 is 1.65 bits per heavy atom. The van der Waals surface area contributed by atoms with Gasteiger partial charge in [0, 0.05) is 5.41 Å². The van der Waals surface area contributed by atoms with E-state index in [-0.39, 0.29) is 0 Å². The summed E-state index contributed by atoms with van der Waals surface area (Å²) in [6.45, 7) is 4.48. The van der Waals surface area contributed by atoms with Crippen LogP contribution in [0.4, 0.5) is 0 Å². The maximum atomic E-state index is 2.41. The highest BCUT2D eigenvalue weighted by Crippen LogP contribution is 2.56. The minimum atomic E-state index is 0.322. The van der Waals surface area contributed by atoms with Crippen molar-refractivity contribution in [3.63, 3.8) is 0 Å².